The van der Waals surface area contributed by atoms with E-state index in [2.05, 4.69) is 61.2 Å². The van der Waals surface area contributed by atoms with Gasteiger partial charge in [-0.05, 0) is 62.0 Å². The average Bonchev–Trinajstić information content (AvgIpc) is 2.43. The first-order valence-electron chi connectivity index (χ1n) is 8.58. The SMILES string of the molecule is CC(C)(C)[Si](C)(C)OC1CCC(Nc2cc(Br)ccc2N)CC1. The minimum absolute atomic E-state index is 0.285. The molecule has 0 spiro atoms. The third-order valence-corrected chi connectivity index (χ3v) is 10.3. The molecule has 3 N–H and O–H groups in total. The van der Waals surface area contributed by atoms with E-state index in [9.17, 15) is 0 Å². The first-order chi connectivity index (χ1) is 10.6. The van der Waals surface area contributed by atoms with Crippen molar-refractivity contribution in [2.45, 2.75) is 76.7 Å². The Morgan fingerprint density at radius 3 is 2.35 bits per heavy atom. The van der Waals surface area contributed by atoms with Crippen molar-refractivity contribution in [3.63, 3.8) is 0 Å². The predicted molar refractivity (Wildman–Crippen MR) is 107 cm³/mol. The Bertz CT molecular complexity index is 534. The third kappa shape index (κ3) is 4.97. The fourth-order valence-electron chi connectivity index (χ4n) is 2.79. The van der Waals surface area contributed by atoms with Gasteiger partial charge >= 0.3 is 0 Å². The molecule has 0 bridgehead atoms. The molecule has 1 saturated carbocycles. The zero-order valence-electron chi connectivity index (χ0n) is 15.1. The van der Waals surface area contributed by atoms with Gasteiger partial charge in [-0.3, -0.25) is 0 Å². The van der Waals surface area contributed by atoms with Gasteiger partial charge in [-0.2, -0.15) is 0 Å². The van der Waals surface area contributed by atoms with Crippen LogP contribution in [0.3, 0.4) is 0 Å². The quantitative estimate of drug-likeness (QED) is 0.499. The lowest BCUT2D eigenvalue weighted by Gasteiger charge is -2.41. The first-order valence-corrected chi connectivity index (χ1v) is 12.3. The molecule has 0 aliphatic heterocycles. The zero-order chi connectivity index (χ0) is 17.3. The van der Waals surface area contributed by atoms with Gasteiger partial charge in [0.15, 0.2) is 8.32 Å². The van der Waals surface area contributed by atoms with E-state index in [4.69, 9.17) is 10.2 Å². The molecule has 0 amide bonds. The molecule has 3 nitrogen and oxygen atoms in total. The van der Waals surface area contributed by atoms with Crippen LogP contribution in [0, 0.1) is 0 Å². The van der Waals surface area contributed by atoms with Crippen LogP contribution in [-0.4, -0.2) is 20.5 Å². The molecule has 1 aromatic carbocycles. The summed E-state index contributed by atoms with van der Waals surface area (Å²) in [5, 5.41) is 3.89. The Labute approximate surface area is 150 Å². The molecule has 0 radical (unpaired) electrons. The van der Waals surface area contributed by atoms with E-state index in [1.807, 2.05) is 12.1 Å². The van der Waals surface area contributed by atoms with Crippen LogP contribution in [0.1, 0.15) is 46.5 Å². The summed E-state index contributed by atoms with van der Waals surface area (Å²) in [4.78, 5) is 0. The Morgan fingerprint density at radius 2 is 1.78 bits per heavy atom. The van der Waals surface area contributed by atoms with Crippen LogP contribution in [0.25, 0.3) is 0 Å². The van der Waals surface area contributed by atoms with Gasteiger partial charge in [0.25, 0.3) is 0 Å². The van der Waals surface area contributed by atoms with Gasteiger partial charge in [0.2, 0.25) is 0 Å². The molecule has 2 rings (SSSR count). The second kappa shape index (κ2) is 7.15. The highest BCUT2D eigenvalue weighted by atomic mass is 79.9. The van der Waals surface area contributed by atoms with Gasteiger partial charge in [0.1, 0.15) is 0 Å². The number of rotatable bonds is 4. The topological polar surface area (TPSA) is 47.3 Å². The van der Waals surface area contributed by atoms with Crippen molar-refractivity contribution >= 4 is 35.6 Å². The van der Waals surface area contributed by atoms with Crippen molar-refractivity contribution in [3.8, 4) is 0 Å². The van der Waals surface area contributed by atoms with E-state index in [1.54, 1.807) is 0 Å². The van der Waals surface area contributed by atoms with Gasteiger partial charge in [-0.15, -0.1) is 0 Å². The van der Waals surface area contributed by atoms with Crippen LogP contribution < -0.4 is 11.1 Å². The Morgan fingerprint density at radius 1 is 1.17 bits per heavy atom. The van der Waals surface area contributed by atoms with Gasteiger partial charge < -0.3 is 15.5 Å². The fourth-order valence-corrected chi connectivity index (χ4v) is 4.58. The number of halogens is 1. The minimum Gasteiger partial charge on any atom is -0.414 e. The Kier molecular flexibility index (Phi) is 5.85. The van der Waals surface area contributed by atoms with Gasteiger partial charge in [0.05, 0.1) is 11.4 Å². The normalized spacial score (nSPS) is 22.9. The lowest BCUT2D eigenvalue weighted by atomic mass is 9.93. The maximum Gasteiger partial charge on any atom is 0.192 e. The molecule has 0 heterocycles. The molecule has 1 fully saturated rings. The second-order valence-electron chi connectivity index (χ2n) is 8.23. The van der Waals surface area contributed by atoms with Crippen LogP contribution in [0.15, 0.2) is 22.7 Å². The molecule has 23 heavy (non-hydrogen) atoms. The molecule has 0 saturated heterocycles. The molecular weight excluding hydrogens is 368 g/mol. The number of nitrogen functional groups attached to an aromatic ring is 1. The lowest BCUT2D eigenvalue weighted by Crippen LogP contribution is -2.45. The van der Waals surface area contributed by atoms with Gasteiger partial charge in [-0.25, -0.2) is 0 Å². The van der Waals surface area contributed by atoms with Crippen molar-refractivity contribution < 1.29 is 4.43 Å². The van der Waals surface area contributed by atoms with Crippen LogP contribution in [0.5, 0.6) is 0 Å². The fraction of sp³-hybridized carbons (Fsp3) is 0.667. The minimum atomic E-state index is -1.65. The van der Waals surface area contributed by atoms with E-state index in [0.717, 1.165) is 41.5 Å². The summed E-state index contributed by atoms with van der Waals surface area (Å²) in [5.74, 6) is 0. The highest BCUT2D eigenvalue weighted by Gasteiger charge is 2.39. The van der Waals surface area contributed by atoms with Crippen LogP contribution >= 0.6 is 15.9 Å². The van der Waals surface area contributed by atoms with Crippen LogP contribution in [0.2, 0.25) is 18.1 Å². The molecule has 1 aliphatic carbocycles. The summed E-state index contributed by atoms with van der Waals surface area (Å²) in [5.41, 5.74) is 7.91. The number of anilines is 2. The summed E-state index contributed by atoms with van der Waals surface area (Å²) >= 11 is 3.51. The predicted octanol–water partition coefficient (Wildman–Crippen LogP) is 5.78. The molecule has 0 aromatic heterocycles. The standard InChI is InChI=1S/C18H31BrN2OSi/c1-18(2,3)23(4,5)22-15-9-7-14(8-10-15)21-17-12-13(19)6-11-16(17)20/h6,11-12,14-15,21H,7-10,20H2,1-5H3. The Balaban J connectivity index is 1.88. The van der Waals surface area contributed by atoms with Crippen molar-refractivity contribution in [1.29, 1.82) is 0 Å². The van der Waals surface area contributed by atoms with Gasteiger partial charge in [-0.1, -0.05) is 36.7 Å². The highest BCUT2D eigenvalue weighted by molar-refractivity contribution is 9.10. The smallest absolute Gasteiger partial charge is 0.192 e. The maximum absolute atomic E-state index is 6.56. The molecule has 1 aliphatic rings. The lowest BCUT2D eigenvalue weighted by molar-refractivity contribution is 0.133. The van der Waals surface area contributed by atoms with Crippen LogP contribution in [-0.2, 0) is 4.43 Å². The van der Waals surface area contributed by atoms with Gasteiger partial charge in [0, 0.05) is 16.6 Å². The largest absolute Gasteiger partial charge is 0.414 e. The zero-order valence-corrected chi connectivity index (χ0v) is 17.7. The Hall–Kier alpha value is -0.523. The molecule has 1 aromatic rings. The van der Waals surface area contributed by atoms with Crippen LogP contribution in [0.4, 0.5) is 11.4 Å². The number of hydrogen-bond donors (Lipinski definition) is 2. The summed E-state index contributed by atoms with van der Waals surface area (Å²) in [6.07, 6.45) is 4.99. The summed E-state index contributed by atoms with van der Waals surface area (Å²) in [6.45, 7) is 11.6. The van der Waals surface area contributed by atoms with Crippen molar-refractivity contribution in [1.82, 2.24) is 0 Å². The number of benzene rings is 1. The molecular formula is C18H31BrN2OSi. The van der Waals surface area contributed by atoms with E-state index in [1.165, 1.54) is 0 Å². The average molecular weight is 399 g/mol. The third-order valence-electron chi connectivity index (χ3n) is 5.32. The first kappa shape index (κ1) is 18.8. The van der Waals surface area contributed by atoms with Crippen molar-refractivity contribution in [2.24, 2.45) is 0 Å². The van der Waals surface area contributed by atoms with Crippen molar-refractivity contribution in [3.05, 3.63) is 22.7 Å². The van der Waals surface area contributed by atoms with E-state index >= 15 is 0 Å². The maximum atomic E-state index is 6.56. The summed E-state index contributed by atoms with van der Waals surface area (Å²) in [6, 6.07) is 6.47. The van der Waals surface area contributed by atoms with E-state index < -0.39 is 8.32 Å². The molecule has 5 heteroatoms. The number of hydrogen-bond acceptors (Lipinski definition) is 3. The highest BCUT2D eigenvalue weighted by Crippen LogP contribution is 2.39. The van der Waals surface area contributed by atoms with E-state index in [-0.39, 0.29) is 5.04 Å². The second-order valence-corrected chi connectivity index (χ2v) is 13.9. The molecule has 0 atom stereocenters. The molecule has 130 valence electrons. The van der Waals surface area contributed by atoms with Crippen molar-refractivity contribution in [2.75, 3.05) is 11.1 Å². The number of nitrogens with two attached hydrogens (primary N) is 1. The summed E-state index contributed by atoms with van der Waals surface area (Å²) < 4.78 is 7.62. The monoisotopic (exact) mass is 398 g/mol. The summed E-state index contributed by atoms with van der Waals surface area (Å²) in [7, 11) is -1.65. The molecule has 0 unspecified atom stereocenters. The number of nitrogens with one attached hydrogen (secondary N) is 1. The van der Waals surface area contributed by atoms with E-state index in [0.29, 0.717) is 12.1 Å².